The zero-order chi connectivity index (χ0) is 23.4. The Bertz CT molecular complexity index is 1150. The monoisotopic (exact) mass is 448 g/mol. The van der Waals surface area contributed by atoms with Gasteiger partial charge in [-0.25, -0.2) is 9.78 Å². The lowest BCUT2D eigenvalue weighted by Gasteiger charge is -2.51. The van der Waals surface area contributed by atoms with Crippen LogP contribution in [-0.4, -0.2) is 91.0 Å². The largest absolute Gasteiger partial charge is 0.386 e. The standard InChI is InChI=1S/C21H32N6O5/c1-20(31)12-32-21(6-8-26(9-7-21)15(28)11-23(2)3)10-14(20)27-13-22-17-16(27)18(29)25(5)19(30)24(17)4/h13-14,31H,6-12H2,1-5H3/t14-,20-/m0/s1. The quantitative estimate of drug-likeness (QED) is 0.645. The molecule has 4 heterocycles. The van der Waals surface area contributed by atoms with Crippen molar-refractivity contribution in [3.05, 3.63) is 27.2 Å². The highest BCUT2D eigenvalue weighted by Gasteiger charge is 2.50. The number of aryl methyl sites for hydroxylation is 1. The first-order valence-electron chi connectivity index (χ1n) is 10.9. The van der Waals surface area contributed by atoms with Crippen LogP contribution in [0.1, 0.15) is 32.2 Å². The summed E-state index contributed by atoms with van der Waals surface area (Å²) in [6.07, 6.45) is 3.32. The number of hydrogen-bond acceptors (Lipinski definition) is 7. The topological polar surface area (TPSA) is 115 Å². The number of piperidine rings is 1. The number of nitrogens with zero attached hydrogens (tertiary/aromatic N) is 6. The maximum absolute atomic E-state index is 12.9. The average molecular weight is 449 g/mol. The first-order chi connectivity index (χ1) is 15.0. The van der Waals surface area contributed by atoms with Crippen LogP contribution >= 0.6 is 0 Å². The van der Waals surface area contributed by atoms with Gasteiger partial charge in [-0.05, 0) is 33.9 Å². The second-order valence-corrected chi connectivity index (χ2v) is 9.70. The molecule has 2 aliphatic rings. The molecule has 11 heteroatoms. The highest BCUT2D eigenvalue weighted by molar-refractivity contribution is 5.78. The van der Waals surface area contributed by atoms with Crippen molar-refractivity contribution in [1.82, 2.24) is 28.5 Å². The van der Waals surface area contributed by atoms with Crippen molar-refractivity contribution in [2.24, 2.45) is 14.1 Å². The van der Waals surface area contributed by atoms with E-state index in [1.54, 1.807) is 18.5 Å². The summed E-state index contributed by atoms with van der Waals surface area (Å²) in [7, 11) is 6.75. The fraction of sp³-hybridized carbons (Fsp3) is 0.714. The summed E-state index contributed by atoms with van der Waals surface area (Å²) < 4.78 is 10.3. The number of aromatic nitrogens is 4. The molecular formula is C21H32N6O5. The Kier molecular flexibility index (Phi) is 5.54. The molecule has 2 saturated heterocycles. The van der Waals surface area contributed by atoms with E-state index in [1.807, 2.05) is 23.9 Å². The highest BCUT2D eigenvalue weighted by Crippen LogP contribution is 2.44. The number of aliphatic hydroxyl groups is 1. The molecule has 1 N–H and O–H groups in total. The first kappa shape index (κ1) is 22.7. The molecule has 4 rings (SSSR count). The molecule has 2 atom stereocenters. The molecule has 11 nitrogen and oxygen atoms in total. The van der Waals surface area contributed by atoms with E-state index in [0.29, 0.717) is 44.5 Å². The van der Waals surface area contributed by atoms with E-state index >= 15 is 0 Å². The Morgan fingerprint density at radius 1 is 1.25 bits per heavy atom. The number of carbonyl (C=O) groups excluding carboxylic acids is 1. The number of ether oxygens (including phenoxy) is 1. The van der Waals surface area contributed by atoms with Crippen LogP contribution < -0.4 is 11.2 Å². The normalized spacial score (nSPS) is 25.7. The van der Waals surface area contributed by atoms with E-state index in [0.717, 1.165) is 4.57 Å². The average Bonchev–Trinajstić information content (AvgIpc) is 3.17. The van der Waals surface area contributed by atoms with Crippen molar-refractivity contribution < 1.29 is 14.6 Å². The molecule has 0 bridgehead atoms. The molecule has 0 saturated carbocycles. The minimum atomic E-state index is -1.23. The van der Waals surface area contributed by atoms with Crippen molar-refractivity contribution >= 4 is 17.1 Å². The third kappa shape index (κ3) is 3.67. The summed E-state index contributed by atoms with van der Waals surface area (Å²) in [6.45, 7) is 3.34. The highest BCUT2D eigenvalue weighted by atomic mass is 16.5. The van der Waals surface area contributed by atoms with Crippen molar-refractivity contribution in [2.75, 3.05) is 40.3 Å². The summed E-state index contributed by atoms with van der Waals surface area (Å²) in [5, 5.41) is 11.2. The molecule has 2 fully saturated rings. The van der Waals surface area contributed by atoms with Crippen molar-refractivity contribution in [2.45, 2.75) is 43.4 Å². The van der Waals surface area contributed by atoms with Crippen LogP contribution in [0, 0.1) is 0 Å². The Labute approximate surface area is 185 Å². The van der Waals surface area contributed by atoms with Gasteiger partial charge in [0.05, 0.1) is 31.1 Å². The fourth-order valence-electron chi connectivity index (χ4n) is 4.91. The van der Waals surface area contributed by atoms with E-state index in [1.165, 1.54) is 17.9 Å². The van der Waals surface area contributed by atoms with Crippen molar-refractivity contribution in [1.29, 1.82) is 0 Å². The van der Waals surface area contributed by atoms with Crippen LogP contribution in [0.3, 0.4) is 0 Å². The summed E-state index contributed by atoms with van der Waals surface area (Å²) in [6, 6.07) is -0.463. The van der Waals surface area contributed by atoms with E-state index < -0.39 is 28.5 Å². The second-order valence-electron chi connectivity index (χ2n) is 9.70. The number of fused-ring (bicyclic) bond motifs is 1. The maximum atomic E-state index is 12.9. The SMILES string of the molecule is CN(C)CC(=O)N1CCC2(CC1)C[C@H](n1cnc3c1c(=O)n(C)c(=O)n3C)[C@@](C)(O)CO2. The minimum Gasteiger partial charge on any atom is -0.386 e. The molecule has 32 heavy (non-hydrogen) atoms. The van der Waals surface area contributed by atoms with Crippen LogP contribution in [0.4, 0.5) is 0 Å². The third-order valence-electron chi connectivity index (χ3n) is 6.94. The first-order valence-corrected chi connectivity index (χ1v) is 10.9. The summed E-state index contributed by atoms with van der Waals surface area (Å²) >= 11 is 0. The lowest BCUT2D eigenvalue weighted by atomic mass is 9.77. The zero-order valence-electron chi connectivity index (χ0n) is 19.4. The Hall–Kier alpha value is -2.50. The van der Waals surface area contributed by atoms with Gasteiger partial charge in [-0.3, -0.25) is 18.7 Å². The predicted molar refractivity (Wildman–Crippen MR) is 118 cm³/mol. The van der Waals surface area contributed by atoms with E-state index in [-0.39, 0.29) is 18.0 Å². The molecule has 0 radical (unpaired) electrons. The van der Waals surface area contributed by atoms with Gasteiger partial charge in [0, 0.05) is 33.6 Å². The molecular weight excluding hydrogens is 416 g/mol. The van der Waals surface area contributed by atoms with Gasteiger partial charge in [-0.1, -0.05) is 0 Å². The van der Waals surface area contributed by atoms with Gasteiger partial charge in [-0.2, -0.15) is 0 Å². The minimum absolute atomic E-state index is 0.0919. The van der Waals surface area contributed by atoms with Gasteiger partial charge in [0.1, 0.15) is 5.60 Å². The number of likely N-dealkylation sites (N-methyl/N-ethyl adjacent to an activating group) is 1. The van der Waals surface area contributed by atoms with Crippen LogP contribution in [0.15, 0.2) is 15.9 Å². The lowest BCUT2D eigenvalue weighted by molar-refractivity contribution is -0.201. The maximum Gasteiger partial charge on any atom is 0.332 e. The van der Waals surface area contributed by atoms with Gasteiger partial charge in [0.2, 0.25) is 5.91 Å². The number of amides is 1. The fourth-order valence-corrected chi connectivity index (χ4v) is 4.91. The van der Waals surface area contributed by atoms with Crippen LogP contribution in [0.5, 0.6) is 0 Å². The lowest BCUT2D eigenvalue weighted by Crippen LogP contribution is -2.58. The molecule has 176 valence electrons. The summed E-state index contributed by atoms with van der Waals surface area (Å²) in [4.78, 5) is 45.7. The van der Waals surface area contributed by atoms with Gasteiger partial charge in [0.15, 0.2) is 11.2 Å². The zero-order valence-corrected chi connectivity index (χ0v) is 19.4. The van der Waals surface area contributed by atoms with E-state index in [2.05, 4.69) is 4.98 Å². The number of likely N-dealkylation sites (tertiary alicyclic amines) is 1. The second kappa shape index (κ2) is 7.82. The molecule has 2 aromatic rings. The molecule has 0 aliphatic carbocycles. The summed E-state index contributed by atoms with van der Waals surface area (Å²) in [5.41, 5.74) is -2.03. The number of rotatable bonds is 3. The van der Waals surface area contributed by atoms with Gasteiger partial charge in [0.25, 0.3) is 5.56 Å². The van der Waals surface area contributed by atoms with Gasteiger partial charge in [-0.15, -0.1) is 0 Å². The third-order valence-corrected chi connectivity index (χ3v) is 6.94. The Morgan fingerprint density at radius 2 is 1.91 bits per heavy atom. The Morgan fingerprint density at radius 3 is 2.53 bits per heavy atom. The molecule has 2 aromatic heterocycles. The predicted octanol–water partition coefficient (Wildman–Crippen LogP) is -0.931. The van der Waals surface area contributed by atoms with Crippen molar-refractivity contribution in [3.63, 3.8) is 0 Å². The molecule has 1 amide bonds. The molecule has 0 aromatic carbocycles. The molecule has 2 aliphatic heterocycles. The van der Waals surface area contributed by atoms with E-state index in [4.69, 9.17) is 4.74 Å². The van der Waals surface area contributed by atoms with Gasteiger partial charge < -0.3 is 24.2 Å². The Balaban J connectivity index is 1.65. The molecule has 1 spiro atoms. The van der Waals surface area contributed by atoms with Gasteiger partial charge >= 0.3 is 5.69 Å². The van der Waals surface area contributed by atoms with E-state index in [9.17, 15) is 19.5 Å². The smallest absolute Gasteiger partial charge is 0.332 e. The summed E-state index contributed by atoms with van der Waals surface area (Å²) in [5.74, 6) is 0.0919. The van der Waals surface area contributed by atoms with Crippen LogP contribution in [0.25, 0.3) is 11.2 Å². The molecule has 0 unspecified atom stereocenters. The van der Waals surface area contributed by atoms with Crippen LogP contribution in [-0.2, 0) is 23.6 Å². The van der Waals surface area contributed by atoms with Crippen molar-refractivity contribution in [3.8, 4) is 0 Å². The number of hydrogen-bond donors (Lipinski definition) is 1. The number of carbonyl (C=O) groups is 1. The number of imidazole rings is 1. The van der Waals surface area contributed by atoms with Crippen LogP contribution in [0.2, 0.25) is 0 Å².